The van der Waals surface area contributed by atoms with Crippen LogP contribution < -0.4 is 15.0 Å². The maximum atomic E-state index is 5.90. The lowest BCUT2D eigenvalue weighted by atomic mass is 9.96. The molecule has 1 aliphatic rings. The smallest absolute Gasteiger partial charge is 0.174 e. The molecule has 1 N–H and O–H groups in total. The fourth-order valence-electron chi connectivity index (χ4n) is 5.07. The second-order valence-electron chi connectivity index (χ2n) is 8.88. The summed E-state index contributed by atoms with van der Waals surface area (Å²) in [6.07, 6.45) is 2.87. The van der Waals surface area contributed by atoms with Crippen LogP contribution in [0.4, 0.5) is 5.69 Å². The molecule has 0 amide bonds. The van der Waals surface area contributed by atoms with Gasteiger partial charge in [-0.25, -0.2) is 0 Å². The number of thiocarbonyl (C=S) groups is 1. The molecule has 0 bridgehead atoms. The van der Waals surface area contributed by atoms with E-state index in [1.807, 2.05) is 36.5 Å². The number of benzene rings is 2. The Balaban J connectivity index is 1.66. The minimum Gasteiger partial charge on any atom is -0.497 e. The Morgan fingerprint density at radius 2 is 1.77 bits per heavy atom. The monoisotopic (exact) mass is 482 g/mol. The minimum absolute atomic E-state index is 0.0700. The molecule has 4 aromatic rings. The highest BCUT2D eigenvalue weighted by Crippen LogP contribution is 2.44. The molecule has 35 heavy (non-hydrogen) atoms. The standard InChI is InChI=1S/C29H30N4OS/c1-5-21-12-14-22(15-13-21)32-19(2)17-25(20(32)3)28-27(26-11-6-7-16-30-26)31-29(35)33(28)23-9-8-10-24(18-23)34-4/h6-18,27-28H,5H2,1-4H3,(H,31,35)/t27-,28-/m1/s1. The third-order valence-corrected chi connectivity index (χ3v) is 7.14. The van der Waals surface area contributed by atoms with Gasteiger partial charge in [0, 0.05) is 35.0 Å². The maximum Gasteiger partial charge on any atom is 0.174 e. The second-order valence-corrected chi connectivity index (χ2v) is 9.27. The molecular formula is C29H30N4OS. The summed E-state index contributed by atoms with van der Waals surface area (Å²) in [6.45, 7) is 6.54. The van der Waals surface area contributed by atoms with Gasteiger partial charge in [-0.05, 0) is 86.1 Å². The Bertz CT molecular complexity index is 1350. The predicted octanol–water partition coefficient (Wildman–Crippen LogP) is 6.24. The number of pyridine rings is 1. The highest BCUT2D eigenvalue weighted by Gasteiger charge is 2.42. The van der Waals surface area contributed by atoms with E-state index < -0.39 is 0 Å². The average molecular weight is 483 g/mol. The molecule has 178 valence electrons. The minimum atomic E-state index is -0.0914. The van der Waals surface area contributed by atoms with Crippen LogP contribution in [-0.4, -0.2) is 21.8 Å². The van der Waals surface area contributed by atoms with Gasteiger partial charge < -0.3 is 19.5 Å². The van der Waals surface area contributed by atoms with Crippen LogP contribution in [0.2, 0.25) is 0 Å². The first-order valence-electron chi connectivity index (χ1n) is 11.9. The molecule has 2 atom stereocenters. The SMILES string of the molecule is CCc1ccc(-n2c(C)cc([C@@H]3[C@@H](c4ccccn4)NC(=S)N3c3cccc(OC)c3)c2C)cc1. The summed E-state index contributed by atoms with van der Waals surface area (Å²) in [5, 5.41) is 4.24. The van der Waals surface area contributed by atoms with Crippen molar-refractivity contribution in [3.8, 4) is 11.4 Å². The molecule has 3 heterocycles. The molecule has 6 heteroatoms. The van der Waals surface area contributed by atoms with E-state index in [1.165, 1.54) is 28.2 Å². The van der Waals surface area contributed by atoms with Crippen molar-refractivity contribution < 1.29 is 4.74 Å². The summed E-state index contributed by atoms with van der Waals surface area (Å²) in [5.74, 6) is 0.798. The van der Waals surface area contributed by atoms with Crippen LogP contribution in [-0.2, 0) is 6.42 Å². The van der Waals surface area contributed by atoms with Crippen molar-refractivity contribution in [3.63, 3.8) is 0 Å². The summed E-state index contributed by atoms with van der Waals surface area (Å²) >= 11 is 5.90. The van der Waals surface area contributed by atoms with Gasteiger partial charge in [-0.3, -0.25) is 4.98 Å². The number of nitrogens with one attached hydrogen (secondary N) is 1. The highest BCUT2D eigenvalue weighted by molar-refractivity contribution is 7.80. The van der Waals surface area contributed by atoms with Crippen molar-refractivity contribution in [2.45, 2.75) is 39.3 Å². The van der Waals surface area contributed by atoms with Crippen molar-refractivity contribution in [2.75, 3.05) is 12.0 Å². The highest BCUT2D eigenvalue weighted by atomic mass is 32.1. The normalized spacial score (nSPS) is 17.5. The van der Waals surface area contributed by atoms with Gasteiger partial charge in [0.05, 0.1) is 24.9 Å². The number of methoxy groups -OCH3 is 1. The van der Waals surface area contributed by atoms with Gasteiger partial charge in [-0.2, -0.15) is 0 Å². The van der Waals surface area contributed by atoms with Crippen molar-refractivity contribution in [1.29, 1.82) is 0 Å². The molecule has 1 fully saturated rings. The molecule has 1 aliphatic heterocycles. The molecule has 1 saturated heterocycles. The Morgan fingerprint density at radius 1 is 0.971 bits per heavy atom. The van der Waals surface area contributed by atoms with Crippen LogP contribution in [0.5, 0.6) is 5.75 Å². The third-order valence-electron chi connectivity index (χ3n) is 6.82. The zero-order valence-electron chi connectivity index (χ0n) is 20.5. The lowest BCUT2D eigenvalue weighted by Gasteiger charge is -2.28. The van der Waals surface area contributed by atoms with E-state index in [2.05, 4.69) is 83.0 Å². The summed E-state index contributed by atoms with van der Waals surface area (Å²) in [4.78, 5) is 6.89. The third kappa shape index (κ3) is 4.19. The largest absolute Gasteiger partial charge is 0.497 e. The van der Waals surface area contributed by atoms with Crippen molar-refractivity contribution in [2.24, 2.45) is 0 Å². The van der Waals surface area contributed by atoms with Gasteiger partial charge in [-0.1, -0.05) is 31.2 Å². The zero-order chi connectivity index (χ0) is 24.5. The second kappa shape index (κ2) is 9.55. The quantitative estimate of drug-likeness (QED) is 0.330. The van der Waals surface area contributed by atoms with Crippen molar-refractivity contribution in [1.82, 2.24) is 14.9 Å². The number of rotatable bonds is 6. The van der Waals surface area contributed by atoms with Gasteiger partial charge in [0.25, 0.3) is 0 Å². The summed E-state index contributed by atoms with van der Waals surface area (Å²) in [7, 11) is 1.69. The Labute approximate surface area is 212 Å². The number of nitrogens with zero attached hydrogens (tertiary/aromatic N) is 3. The number of aromatic nitrogens is 2. The summed E-state index contributed by atoms with van der Waals surface area (Å²) in [5.41, 5.74) is 8.04. The van der Waals surface area contributed by atoms with Gasteiger partial charge in [0.15, 0.2) is 5.11 Å². The van der Waals surface area contributed by atoms with E-state index in [0.29, 0.717) is 5.11 Å². The molecule has 0 unspecified atom stereocenters. The molecule has 0 saturated carbocycles. The molecule has 2 aromatic heterocycles. The lowest BCUT2D eigenvalue weighted by molar-refractivity contribution is 0.415. The molecule has 5 rings (SSSR count). The molecular weight excluding hydrogens is 452 g/mol. The first-order chi connectivity index (χ1) is 17.0. The number of anilines is 1. The van der Waals surface area contributed by atoms with E-state index in [1.54, 1.807) is 7.11 Å². The first kappa shape index (κ1) is 23.1. The number of hydrogen-bond acceptors (Lipinski definition) is 3. The van der Waals surface area contributed by atoms with Crippen LogP contribution in [0.15, 0.2) is 79.0 Å². The van der Waals surface area contributed by atoms with Crippen LogP contribution in [0, 0.1) is 13.8 Å². The van der Waals surface area contributed by atoms with E-state index in [9.17, 15) is 0 Å². The molecule has 0 radical (unpaired) electrons. The summed E-state index contributed by atoms with van der Waals surface area (Å²) in [6, 6.07) is 25.0. The number of hydrogen-bond donors (Lipinski definition) is 1. The van der Waals surface area contributed by atoms with Crippen molar-refractivity contribution in [3.05, 3.63) is 107 Å². The Hall–Kier alpha value is -3.64. The van der Waals surface area contributed by atoms with E-state index >= 15 is 0 Å². The number of ether oxygens (including phenoxy) is 1. The molecule has 0 spiro atoms. The Kier molecular flexibility index (Phi) is 6.31. The topological polar surface area (TPSA) is 42.3 Å². The average Bonchev–Trinajstić information content (AvgIpc) is 3.39. The van der Waals surface area contributed by atoms with Crippen LogP contribution in [0.25, 0.3) is 5.69 Å². The van der Waals surface area contributed by atoms with E-state index in [-0.39, 0.29) is 12.1 Å². The molecule has 5 nitrogen and oxygen atoms in total. The van der Waals surface area contributed by atoms with Crippen molar-refractivity contribution >= 4 is 23.0 Å². The zero-order valence-corrected chi connectivity index (χ0v) is 21.3. The molecule has 2 aromatic carbocycles. The molecule has 0 aliphatic carbocycles. The first-order valence-corrected chi connectivity index (χ1v) is 12.4. The maximum absolute atomic E-state index is 5.90. The van der Waals surface area contributed by atoms with E-state index in [0.717, 1.165) is 23.6 Å². The number of aryl methyl sites for hydroxylation is 2. The van der Waals surface area contributed by atoms with E-state index in [4.69, 9.17) is 17.0 Å². The fourth-order valence-corrected chi connectivity index (χ4v) is 5.42. The van der Waals surface area contributed by atoms with Crippen LogP contribution >= 0.6 is 12.2 Å². The van der Waals surface area contributed by atoms with Gasteiger partial charge in [-0.15, -0.1) is 0 Å². The predicted molar refractivity (Wildman–Crippen MR) is 146 cm³/mol. The van der Waals surface area contributed by atoms with Gasteiger partial charge >= 0.3 is 0 Å². The van der Waals surface area contributed by atoms with Gasteiger partial charge in [0.2, 0.25) is 0 Å². The lowest BCUT2D eigenvalue weighted by Crippen LogP contribution is -2.29. The van der Waals surface area contributed by atoms with Crippen LogP contribution in [0.3, 0.4) is 0 Å². The Morgan fingerprint density at radius 3 is 2.46 bits per heavy atom. The van der Waals surface area contributed by atoms with Gasteiger partial charge in [0.1, 0.15) is 5.75 Å². The summed E-state index contributed by atoms with van der Waals surface area (Å²) < 4.78 is 7.85. The van der Waals surface area contributed by atoms with Crippen LogP contribution in [0.1, 0.15) is 47.2 Å². The fraction of sp³-hybridized carbons (Fsp3) is 0.241.